The summed E-state index contributed by atoms with van der Waals surface area (Å²) in [5.41, 5.74) is -0.140. The molecule has 0 heterocycles. The number of halogens is 3. The molecule has 0 aliphatic heterocycles. The molecule has 4 aliphatic rings. The number of anilines is 1. The smallest absolute Gasteiger partial charge is 0.230 e. The molecule has 1 aromatic rings. The van der Waals surface area contributed by atoms with E-state index < -0.39 is 11.2 Å². The summed E-state index contributed by atoms with van der Waals surface area (Å²) in [5, 5.41) is 2.82. The van der Waals surface area contributed by atoms with Crippen molar-refractivity contribution in [3.05, 3.63) is 28.5 Å². The van der Waals surface area contributed by atoms with Gasteiger partial charge in [-0.05, 0) is 68.6 Å². The van der Waals surface area contributed by atoms with Crippen molar-refractivity contribution in [1.82, 2.24) is 0 Å². The monoisotopic (exact) mass is 385 g/mol. The molecule has 0 aromatic heterocycles. The minimum atomic E-state index is -0.409. The van der Waals surface area contributed by atoms with Crippen LogP contribution in [0.4, 0.5) is 10.1 Å². The Balaban J connectivity index is 1.60. The molecule has 4 saturated carbocycles. The van der Waals surface area contributed by atoms with Gasteiger partial charge in [0.15, 0.2) is 0 Å². The van der Waals surface area contributed by atoms with Crippen LogP contribution in [0.5, 0.6) is 0 Å². The zero-order valence-corrected chi connectivity index (χ0v) is 14.5. The van der Waals surface area contributed by atoms with Crippen LogP contribution in [0.25, 0.3) is 0 Å². The Hall–Kier alpha value is -0.610. The highest BCUT2D eigenvalue weighted by molar-refractivity contribution is 9.10. The fraction of sp³-hybridized carbons (Fsp3) is 0.588. The van der Waals surface area contributed by atoms with Crippen molar-refractivity contribution in [2.75, 3.05) is 5.32 Å². The molecule has 5 heteroatoms. The quantitative estimate of drug-likeness (QED) is 0.704. The first-order valence-electron chi connectivity index (χ1n) is 7.83. The highest BCUT2D eigenvalue weighted by Crippen LogP contribution is 2.64. The number of rotatable bonds is 2. The third-order valence-corrected chi connectivity index (χ3v) is 6.59. The predicted octanol–water partition coefficient (Wildman–Crippen LogP) is 5.10. The Bertz CT molecular complexity index is 636. The molecule has 4 aliphatic carbocycles. The molecule has 2 atom stereocenters. The molecule has 5 rings (SSSR count). The van der Waals surface area contributed by atoms with E-state index in [9.17, 15) is 9.18 Å². The lowest BCUT2D eigenvalue weighted by Gasteiger charge is -2.59. The fourth-order valence-electron chi connectivity index (χ4n) is 5.26. The lowest BCUT2D eigenvalue weighted by atomic mass is 9.49. The molecule has 0 saturated heterocycles. The Morgan fingerprint density at radius 1 is 1.27 bits per heavy atom. The number of hydrogen-bond donors (Lipinski definition) is 1. The van der Waals surface area contributed by atoms with Gasteiger partial charge in [-0.1, -0.05) is 15.9 Å². The average Bonchev–Trinajstić information content (AvgIpc) is 2.39. The number of amides is 1. The first kappa shape index (κ1) is 14.9. The summed E-state index contributed by atoms with van der Waals surface area (Å²) >= 11 is 9.99. The van der Waals surface area contributed by atoms with Crippen LogP contribution in [0.2, 0.25) is 0 Å². The maximum Gasteiger partial charge on any atom is 0.230 e. The van der Waals surface area contributed by atoms with Gasteiger partial charge in [0, 0.05) is 9.35 Å². The van der Waals surface area contributed by atoms with E-state index >= 15 is 0 Å². The number of hydrogen-bond acceptors (Lipinski definition) is 1. The third-order valence-electron chi connectivity index (χ3n) is 5.65. The third kappa shape index (κ3) is 2.39. The fourth-order valence-corrected chi connectivity index (χ4v) is 6.29. The topological polar surface area (TPSA) is 29.1 Å². The first-order valence-corrected chi connectivity index (χ1v) is 9.00. The molecule has 2 unspecified atom stereocenters. The van der Waals surface area contributed by atoms with Crippen molar-refractivity contribution in [3.8, 4) is 0 Å². The summed E-state index contributed by atoms with van der Waals surface area (Å²) in [4.78, 5) is 12.7. The van der Waals surface area contributed by atoms with Crippen molar-refractivity contribution < 1.29 is 9.18 Å². The summed E-state index contributed by atoms with van der Waals surface area (Å²) in [6.07, 6.45) is 5.82. The van der Waals surface area contributed by atoms with Gasteiger partial charge in [-0.3, -0.25) is 4.79 Å². The van der Waals surface area contributed by atoms with Gasteiger partial charge in [0.05, 0.1) is 11.1 Å². The summed E-state index contributed by atoms with van der Waals surface area (Å²) < 4.78 is 14.7. The number of nitrogens with one attached hydrogen (secondary N) is 1. The van der Waals surface area contributed by atoms with E-state index in [1.165, 1.54) is 12.5 Å². The molecule has 118 valence electrons. The molecule has 4 bridgehead atoms. The molecule has 0 radical (unpaired) electrons. The predicted molar refractivity (Wildman–Crippen MR) is 88.4 cm³/mol. The Labute approximate surface area is 142 Å². The van der Waals surface area contributed by atoms with Crippen molar-refractivity contribution in [2.24, 2.45) is 17.3 Å². The van der Waals surface area contributed by atoms with Crippen LogP contribution in [-0.4, -0.2) is 10.8 Å². The second-order valence-corrected chi connectivity index (χ2v) is 9.19. The van der Waals surface area contributed by atoms with Gasteiger partial charge in [-0.2, -0.15) is 0 Å². The van der Waals surface area contributed by atoms with Crippen LogP contribution in [-0.2, 0) is 4.79 Å². The van der Waals surface area contributed by atoms with Crippen LogP contribution in [0.3, 0.4) is 0 Å². The van der Waals surface area contributed by atoms with E-state index in [1.807, 2.05) is 0 Å². The molecular formula is C17H18BrClFNO. The van der Waals surface area contributed by atoms with E-state index in [-0.39, 0.29) is 16.5 Å². The van der Waals surface area contributed by atoms with Crippen LogP contribution < -0.4 is 5.32 Å². The molecular weight excluding hydrogens is 369 g/mol. The molecule has 4 fully saturated rings. The summed E-state index contributed by atoms with van der Waals surface area (Å²) in [6, 6.07) is 4.72. The van der Waals surface area contributed by atoms with Crippen LogP contribution >= 0.6 is 27.5 Å². The zero-order valence-electron chi connectivity index (χ0n) is 12.2. The maximum absolute atomic E-state index is 14.0. The Morgan fingerprint density at radius 3 is 2.55 bits per heavy atom. The average molecular weight is 387 g/mol. The van der Waals surface area contributed by atoms with E-state index in [4.69, 9.17) is 11.6 Å². The molecule has 0 spiro atoms. The lowest BCUT2D eigenvalue weighted by molar-refractivity contribution is -0.138. The first-order chi connectivity index (χ1) is 10.4. The summed E-state index contributed by atoms with van der Waals surface area (Å²) in [7, 11) is 0. The number of alkyl halides is 1. The second-order valence-electron chi connectivity index (χ2n) is 7.47. The van der Waals surface area contributed by atoms with Crippen molar-refractivity contribution in [3.63, 3.8) is 0 Å². The lowest BCUT2D eigenvalue weighted by Crippen LogP contribution is -2.57. The highest BCUT2D eigenvalue weighted by atomic mass is 79.9. The van der Waals surface area contributed by atoms with Crippen LogP contribution in [0, 0.1) is 23.1 Å². The molecule has 1 amide bonds. The van der Waals surface area contributed by atoms with E-state index in [0.29, 0.717) is 16.3 Å². The number of carbonyl (C=O) groups is 1. The SMILES string of the molecule is O=C(Nc1ccc(Br)cc1F)C12CC3CC(CC(Cl)(C3)C1)C2. The Kier molecular flexibility index (Phi) is 3.36. The number of carbonyl (C=O) groups excluding carboxylic acids is 1. The van der Waals surface area contributed by atoms with Crippen molar-refractivity contribution in [2.45, 2.75) is 43.4 Å². The van der Waals surface area contributed by atoms with Gasteiger partial charge >= 0.3 is 0 Å². The highest BCUT2D eigenvalue weighted by Gasteiger charge is 2.60. The van der Waals surface area contributed by atoms with Gasteiger partial charge in [0.25, 0.3) is 0 Å². The summed E-state index contributed by atoms with van der Waals surface area (Å²) in [6.45, 7) is 0. The van der Waals surface area contributed by atoms with Crippen molar-refractivity contribution >= 4 is 39.1 Å². The van der Waals surface area contributed by atoms with E-state index in [2.05, 4.69) is 21.2 Å². The largest absolute Gasteiger partial charge is 0.323 e. The zero-order chi connectivity index (χ0) is 15.5. The number of benzene rings is 1. The van der Waals surface area contributed by atoms with Gasteiger partial charge in [-0.15, -0.1) is 11.6 Å². The minimum absolute atomic E-state index is 0.0483. The Morgan fingerprint density at radius 2 is 1.95 bits per heavy atom. The molecule has 2 nitrogen and oxygen atoms in total. The molecule has 1 aromatic carbocycles. The van der Waals surface area contributed by atoms with Gasteiger partial charge < -0.3 is 5.32 Å². The minimum Gasteiger partial charge on any atom is -0.323 e. The van der Waals surface area contributed by atoms with Gasteiger partial charge in [0.1, 0.15) is 5.82 Å². The van der Waals surface area contributed by atoms with Crippen molar-refractivity contribution in [1.29, 1.82) is 0 Å². The van der Waals surface area contributed by atoms with Crippen LogP contribution in [0.15, 0.2) is 22.7 Å². The van der Waals surface area contributed by atoms with Crippen LogP contribution in [0.1, 0.15) is 38.5 Å². The standard InChI is InChI=1S/C17H18BrClFNO/c18-12-1-2-14(13(20)4-12)21-15(22)16-5-10-3-11(6-16)8-17(19,7-10)9-16/h1-2,4,10-11H,3,5-9H2,(H,21,22). The van der Waals surface area contributed by atoms with E-state index in [0.717, 1.165) is 32.1 Å². The molecule has 22 heavy (non-hydrogen) atoms. The van der Waals surface area contributed by atoms with Gasteiger partial charge in [0.2, 0.25) is 5.91 Å². The van der Waals surface area contributed by atoms with Gasteiger partial charge in [-0.25, -0.2) is 4.39 Å². The normalized spacial score (nSPS) is 39.0. The second kappa shape index (κ2) is 4.94. The molecule has 1 N–H and O–H groups in total. The maximum atomic E-state index is 14.0. The van der Waals surface area contributed by atoms with E-state index in [1.54, 1.807) is 12.1 Å². The summed E-state index contributed by atoms with van der Waals surface area (Å²) in [5.74, 6) is 0.652.